The van der Waals surface area contributed by atoms with Gasteiger partial charge in [-0.2, -0.15) is 0 Å². The number of hydrogen-bond donors (Lipinski definition) is 1. The molecule has 1 aliphatic carbocycles. The maximum Gasteiger partial charge on any atom is 0.265 e. The molecule has 0 aromatic heterocycles. The zero-order valence-corrected chi connectivity index (χ0v) is 9.39. The highest BCUT2D eigenvalue weighted by atomic mass is 35.5. The number of halogens is 1. The van der Waals surface area contributed by atoms with Gasteiger partial charge in [-0.15, -0.1) is 6.58 Å². The summed E-state index contributed by atoms with van der Waals surface area (Å²) in [5.41, 5.74) is 1.65. The van der Waals surface area contributed by atoms with Gasteiger partial charge in [0.15, 0.2) is 5.50 Å². The van der Waals surface area contributed by atoms with Gasteiger partial charge in [0, 0.05) is 17.9 Å². The second-order valence-corrected chi connectivity index (χ2v) is 4.31. The lowest BCUT2D eigenvalue weighted by molar-refractivity contribution is -0.130. The minimum atomic E-state index is -0.609. The Kier molecular flexibility index (Phi) is 3.00. The molecule has 1 aliphatic heterocycles. The highest BCUT2D eigenvalue weighted by Gasteiger charge is 2.32. The van der Waals surface area contributed by atoms with Crippen LogP contribution in [0.2, 0.25) is 0 Å². The highest BCUT2D eigenvalue weighted by molar-refractivity contribution is 6.30. The largest absolute Gasteiger partial charge is 0.364 e. The van der Waals surface area contributed by atoms with E-state index in [1.807, 2.05) is 0 Å². The van der Waals surface area contributed by atoms with Crippen molar-refractivity contribution >= 4 is 17.5 Å². The molecule has 0 fully saturated rings. The molecule has 1 heterocycles. The monoisotopic (exact) mass is 226 g/mol. The van der Waals surface area contributed by atoms with Gasteiger partial charge in [-0.05, 0) is 25.7 Å². The van der Waals surface area contributed by atoms with E-state index in [-0.39, 0.29) is 5.91 Å². The van der Waals surface area contributed by atoms with E-state index in [0.717, 1.165) is 30.7 Å². The fourth-order valence-electron chi connectivity index (χ4n) is 2.16. The quantitative estimate of drug-likeness (QED) is 0.444. The van der Waals surface area contributed by atoms with Crippen LogP contribution in [0.1, 0.15) is 25.7 Å². The average molecular weight is 227 g/mol. The van der Waals surface area contributed by atoms with E-state index in [2.05, 4.69) is 11.9 Å². The summed E-state index contributed by atoms with van der Waals surface area (Å²) in [7, 11) is 0. The first-order valence-electron chi connectivity index (χ1n) is 5.29. The Morgan fingerprint density at radius 3 is 3.00 bits per heavy atom. The van der Waals surface area contributed by atoms with Crippen LogP contribution in [0.4, 0.5) is 0 Å². The molecule has 0 bridgehead atoms. The van der Waals surface area contributed by atoms with Gasteiger partial charge in [0.25, 0.3) is 5.91 Å². The Labute approximate surface area is 94.8 Å². The summed E-state index contributed by atoms with van der Waals surface area (Å²) in [6.07, 6.45) is 6.02. The van der Waals surface area contributed by atoms with Crippen molar-refractivity contribution < 1.29 is 4.79 Å². The Morgan fingerprint density at radius 1 is 1.53 bits per heavy atom. The van der Waals surface area contributed by atoms with Crippen LogP contribution in [0.25, 0.3) is 0 Å². The minimum Gasteiger partial charge on any atom is -0.364 e. The Morgan fingerprint density at radius 2 is 2.27 bits per heavy atom. The highest BCUT2D eigenvalue weighted by Crippen LogP contribution is 2.30. The predicted octanol–water partition coefficient (Wildman–Crippen LogP) is 1.95. The molecule has 0 spiro atoms. The minimum absolute atomic E-state index is 0.0581. The molecule has 0 aromatic carbocycles. The number of rotatable bonds is 2. The Bertz CT molecular complexity index is 325. The molecule has 0 radical (unpaired) electrons. The lowest BCUT2D eigenvalue weighted by Crippen LogP contribution is -2.49. The lowest BCUT2D eigenvalue weighted by Gasteiger charge is -2.37. The fourth-order valence-corrected chi connectivity index (χ4v) is 2.41. The zero-order chi connectivity index (χ0) is 10.8. The first-order chi connectivity index (χ1) is 7.24. The van der Waals surface area contributed by atoms with E-state index in [9.17, 15) is 4.79 Å². The number of carbonyl (C=O) groups excluding carboxylic acids is 1. The number of hydrogen-bond acceptors (Lipinski definition) is 2. The van der Waals surface area contributed by atoms with Crippen molar-refractivity contribution in [2.75, 3.05) is 6.54 Å². The number of nitrogens with zero attached hydrogens (tertiary/aromatic N) is 1. The average Bonchev–Trinajstić information content (AvgIpc) is 2.25. The molecule has 15 heavy (non-hydrogen) atoms. The molecular weight excluding hydrogens is 212 g/mol. The molecule has 4 heteroatoms. The van der Waals surface area contributed by atoms with Crippen molar-refractivity contribution in [2.24, 2.45) is 0 Å². The number of amides is 1. The van der Waals surface area contributed by atoms with Crippen molar-refractivity contribution in [1.82, 2.24) is 10.2 Å². The van der Waals surface area contributed by atoms with Gasteiger partial charge in [0.2, 0.25) is 0 Å². The van der Waals surface area contributed by atoms with E-state index in [0.29, 0.717) is 6.54 Å². The molecular formula is C11H15ClN2O. The van der Waals surface area contributed by atoms with Gasteiger partial charge in [-0.25, -0.2) is 0 Å². The normalized spacial score (nSPS) is 26.1. The maximum absolute atomic E-state index is 11.8. The van der Waals surface area contributed by atoms with E-state index in [1.165, 1.54) is 6.42 Å². The van der Waals surface area contributed by atoms with Crippen LogP contribution in [0.5, 0.6) is 0 Å². The summed E-state index contributed by atoms with van der Waals surface area (Å²) in [6, 6.07) is 0. The SMILES string of the molecule is C=CCN1C(=O)C(Cl)NC2=C1CCCC2. The summed E-state index contributed by atoms with van der Waals surface area (Å²) in [6.45, 7) is 4.23. The van der Waals surface area contributed by atoms with Crippen molar-refractivity contribution in [2.45, 2.75) is 31.2 Å². The number of alkyl halides is 1. The summed E-state index contributed by atoms with van der Waals surface area (Å²) < 4.78 is 0. The van der Waals surface area contributed by atoms with Gasteiger partial charge in [0.1, 0.15) is 0 Å². The molecule has 2 aliphatic rings. The van der Waals surface area contributed by atoms with Gasteiger partial charge in [-0.3, -0.25) is 4.79 Å². The number of carbonyl (C=O) groups is 1. The topological polar surface area (TPSA) is 32.3 Å². The van der Waals surface area contributed by atoms with Crippen LogP contribution >= 0.6 is 11.6 Å². The van der Waals surface area contributed by atoms with Gasteiger partial charge in [-0.1, -0.05) is 17.7 Å². The maximum atomic E-state index is 11.8. The Hall–Kier alpha value is -0.960. The molecule has 82 valence electrons. The number of allylic oxidation sites excluding steroid dienone is 2. The van der Waals surface area contributed by atoms with Crippen LogP contribution < -0.4 is 5.32 Å². The second kappa shape index (κ2) is 4.27. The van der Waals surface area contributed by atoms with Crippen LogP contribution in [0.3, 0.4) is 0 Å². The van der Waals surface area contributed by atoms with Gasteiger partial charge in [0.05, 0.1) is 0 Å². The first-order valence-corrected chi connectivity index (χ1v) is 5.72. The van der Waals surface area contributed by atoms with Crippen molar-refractivity contribution in [3.63, 3.8) is 0 Å². The van der Waals surface area contributed by atoms with Crippen LogP contribution in [0.15, 0.2) is 24.0 Å². The molecule has 2 rings (SSSR count). The van der Waals surface area contributed by atoms with Crippen molar-refractivity contribution in [3.05, 3.63) is 24.0 Å². The van der Waals surface area contributed by atoms with E-state index in [1.54, 1.807) is 11.0 Å². The van der Waals surface area contributed by atoms with E-state index >= 15 is 0 Å². The smallest absolute Gasteiger partial charge is 0.265 e. The summed E-state index contributed by atoms with van der Waals surface area (Å²) >= 11 is 5.95. The third kappa shape index (κ3) is 1.88. The van der Waals surface area contributed by atoms with Crippen LogP contribution in [0, 0.1) is 0 Å². The third-order valence-corrected chi connectivity index (χ3v) is 3.16. The molecule has 0 saturated carbocycles. The second-order valence-electron chi connectivity index (χ2n) is 3.88. The standard InChI is InChI=1S/C11H15ClN2O/c1-2-7-14-9-6-4-3-5-8(9)13-10(12)11(14)15/h2,10,13H,1,3-7H2. The van der Waals surface area contributed by atoms with E-state index < -0.39 is 5.50 Å². The van der Waals surface area contributed by atoms with Crippen molar-refractivity contribution in [1.29, 1.82) is 0 Å². The summed E-state index contributed by atoms with van der Waals surface area (Å²) in [5, 5.41) is 3.08. The molecule has 0 aromatic rings. The van der Waals surface area contributed by atoms with Crippen LogP contribution in [-0.4, -0.2) is 22.9 Å². The van der Waals surface area contributed by atoms with Crippen molar-refractivity contribution in [3.8, 4) is 0 Å². The number of nitrogens with one attached hydrogen (secondary N) is 1. The van der Waals surface area contributed by atoms with Gasteiger partial charge < -0.3 is 10.2 Å². The third-order valence-electron chi connectivity index (χ3n) is 2.86. The zero-order valence-electron chi connectivity index (χ0n) is 8.63. The molecule has 0 saturated heterocycles. The Balaban J connectivity index is 2.30. The molecule has 1 unspecified atom stereocenters. The summed E-state index contributed by atoms with van der Waals surface area (Å²) in [5.74, 6) is -0.0581. The van der Waals surface area contributed by atoms with E-state index in [4.69, 9.17) is 11.6 Å². The molecule has 1 atom stereocenters. The first kappa shape index (κ1) is 10.6. The molecule has 1 amide bonds. The van der Waals surface area contributed by atoms with Crippen LogP contribution in [-0.2, 0) is 4.79 Å². The fraction of sp³-hybridized carbons (Fsp3) is 0.545. The molecule has 3 nitrogen and oxygen atoms in total. The van der Waals surface area contributed by atoms with Gasteiger partial charge >= 0.3 is 0 Å². The lowest BCUT2D eigenvalue weighted by atomic mass is 9.98. The summed E-state index contributed by atoms with van der Waals surface area (Å²) in [4.78, 5) is 13.6. The predicted molar refractivity (Wildman–Crippen MR) is 60.2 cm³/mol. The molecule has 1 N–H and O–H groups in total.